The summed E-state index contributed by atoms with van der Waals surface area (Å²) in [6, 6.07) is 18.0. The molecule has 4 aromatic carbocycles. The fourth-order valence-electron chi connectivity index (χ4n) is 4.93. The van der Waals surface area contributed by atoms with Gasteiger partial charge in [0.25, 0.3) is 5.91 Å². The van der Waals surface area contributed by atoms with Crippen molar-refractivity contribution in [1.29, 1.82) is 0 Å². The Morgan fingerprint density at radius 3 is 2.40 bits per heavy atom. The van der Waals surface area contributed by atoms with Crippen LogP contribution < -0.4 is 14.4 Å². The van der Waals surface area contributed by atoms with Gasteiger partial charge < -0.3 is 27.7 Å². The van der Waals surface area contributed by atoms with Crippen LogP contribution in [0.1, 0.15) is 10.4 Å². The largest absolute Gasteiger partial charge is 0.755 e. The van der Waals surface area contributed by atoms with Gasteiger partial charge in [-0.25, -0.2) is 13.8 Å². The average molecular weight is 603 g/mol. The molecule has 2 aromatic heterocycles. The van der Waals surface area contributed by atoms with E-state index in [-0.39, 0.29) is 39.6 Å². The van der Waals surface area contributed by atoms with Gasteiger partial charge in [-0.3, -0.25) is 9.00 Å². The first kappa shape index (κ1) is 28.1. The summed E-state index contributed by atoms with van der Waals surface area (Å²) in [6.07, 6.45) is 0. The number of anilines is 1. The normalized spacial score (nSPS) is 12.0. The first-order valence-electron chi connectivity index (χ1n) is 12.9. The maximum atomic E-state index is 14.4. The van der Waals surface area contributed by atoms with Crippen molar-refractivity contribution in [2.24, 2.45) is 0 Å². The summed E-state index contributed by atoms with van der Waals surface area (Å²) in [4.78, 5) is 17.5. The minimum atomic E-state index is -2.67. The van der Waals surface area contributed by atoms with E-state index in [2.05, 4.69) is 10.3 Å². The lowest BCUT2D eigenvalue weighted by atomic mass is 9.97. The highest BCUT2D eigenvalue weighted by molar-refractivity contribution is 7.80. The predicted octanol–water partition coefficient (Wildman–Crippen LogP) is 6.45. The molecule has 218 valence electrons. The lowest BCUT2D eigenvalue weighted by Gasteiger charge is -2.24. The fraction of sp³-hybridized carbons (Fsp3) is 0.0968. The van der Waals surface area contributed by atoms with Crippen LogP contribution in [0, 0.1) is 11.6 Å². The van der Waals surface area contributed by atoms with Crippen LogP contribution in [-0.4, -0.2) is 40.9 Å². The van der Waals surface area contributed by atoms with Gasteiger partial charge >= 0.3 is 0 Å². The molecule has 9 nitrogen and oxygen atoms in total. The number of carbonyl (C=O) groups excluding carboxylic acids is 1. The van der Waals surface area contributed by atoms with E-state index in [9.17, 15) is 22.3 Å². The van der Waals surface area contributed by atoms with Crippen LogP contribution in [-0.2, 0) is 11.3 Å². The van der Waals surface area contributed by atoms with Crippen molar-refractivity contribution >= 4 is 44.9 Å². The zero-order valence-electron chi connectivity index (χ0n) is 22.9. The molecule has 0 aliphatic heterocycles. The van der Waals surface area contributed by atoms with Crippen molar-refractivity contribution in [1.82, 2.24) is 10.3 Å². The second-order valence-electron chi connectivity index (χ2n) is 9.49. The standard InChI is InChI=1S/C31H23F2N3O6S/c1-34-30(37)27-20-14-19(23(36(2)43(38)39)15-26(20)41-29(27)16-7-10-18(32)11-8-16)17-9-12-24(40-3)21(13-17)31-35-28-22(33)5-4-6-25(28)42-31/h4-15H,1-3H3,(H,34,37)(H,38,39)/p-1. The minimum Gasteiger partial charge on any atom is -0.755 e. The molecule has 12 heteroatoms. The summed E-state index contributed by atoms with van der Waals surface area (Å²) in [5.74, 6) is -0.799. The van der Waals surface area contributed by atoms with E-state index in [1.807, 2.05) is 0 Å². The number of aromatic nitrogens is 1. The zero-order chi connectivity index (χ0) is 30.4. The lowest BCUT2D eigenvalue weighted by molar-refractivity contribution is 0.0964. The molecule has 0 fully saturated rings. The number of oxazole rings is 1. The van der Waals surface area contributed by atoms with Crippen LogP contribution in [0.3, 0.4) is 0 Å². The number of nitrogens with zero attached hydrogens (tertiary/aromatic N) is 2. The van der Waals surface area contributed by atoms with Gasteiger partial charge in [-0.15, -0.1) is 0 Å². The summed E-state index contributed by atoms with van der Waals surface area (Å²) < 4.78 is 70.8. The molecule has 1 N–H and O–H groups in total. The summed E-state index contributed by atoms with van der Waals surface area (Å²) in [7, 11) is 4.30. The molecule has 0 saturated carbocycles. The number of furan rings is 1. The molecule has 1 atom stereocenters. The Labute approximate surface area is 246 Å². The van der Waals surface area contributed by atoms with Crippen LogP contribution in [0.5, 0.6) is 5.75 Å². The molecule has 43 heavy (non-hydrogen) atoms. The average Bonchev–Trinajstić information content (AvgIpc) is 3.62. The summed E-state index contributed by atoms with van der Waals surface area (Å²) in [5, 5.41) is 3.00. The van der Waals surface area contributed by atoms with Crippen molar-refractivity contribution in [2.45, 2.75) is 0 Å². The van der Waals surface area contributed by atoms with Gasteiger partial charge in [-0.05, 0) is 60.2 Å². The predicted molar refractivity (Wildman–Crippen MR) is 157 cm³/mol. The van der Waals surface area contributed by atoms with Gasteiger partial charge in [0.1, 0.15) is 28.4 Å². The SMILES string of the molecule is CNC(=O)c1c(-c2ccc(F)cc2)oc2cc(N(C)S(=O)[O-])c(-c3ccc(OC)c(-c4nc5c(F)cccc5o4)c3)cc12. The summed E-state index contributed by atoms with van der Waals surface area (Å²) in [5.41, 5.74) is 2.73. The van der Waals surface area contributed by atoms with E-state index in [0.29, 0.717) is 33.4 Å². The minimum absolute atomic E-state index is 0.0514. The molecule has 6 rings (SSSR count). The molecule has 0 aliphatic carbocycles. The number of hydrogen-bond acceptors (Lipinski definition) is 7. The molecule has 0 aliphatic rings. The molecule has 2 heterocycles. The van der Waals surface area contributed by atoms with Crippen LogP contribution >= 0.6 is 0 Å². The van der Waals surface area contributed by atoms with Gasteiger partial charge in [-0.2, -0.15) is 0 Å². The Morgan fingerprint density at radius 2 is 1.72 bits per heavy atom. The number of carbonyl (C=O) groups is 1. The smallest absolute Gasteiger partial charge is 0.255 e. The number of methoxy groups -OCH3 is 1. The maximum Gasteiger partial charge on any atom is 0.255 e. The first-order valence-corrected chi connectivity index (χ1v) is 13.9. The third-order valence-electron chi connectivity index (χ3n) is 7.04. The zero-order valence-corrected chi connectivity index (χ0v) is 23.8. The van der Waals surface area contributed by atoms with Crippen molar-refractivity contribution in [3.63, 3.8) is 0 Å². The second-order valence-corrected chi connectivity index (χ2v) is 10.5. The van der Waals surface area contributed by atoms with E-state index >= 15 is 0 Å². The topological polar surface area (TPSA) is 121 Å². The second kappa shape index (κ2) is 11.0. The van der Waals surface area contributed by atoms with Gasteiger partial charge in [0.15, 0.2) is 11.4 Å². The third kappa shape index (κ3) is 4.90. The van der Waals surface area contributed by atoms with Crippen LogP contribution in [0.4, 0.5) is 14.5 Å². The van der Waals surface area contributed by atoms with E-state index in [0.717, 1.165) is 4.31 Å². The molecular weight excluding hydrogens is 580 g/mol. The first-order chi connectivity index (χ1) is 20.7. The Hall–Kier alpha value is -5.07. The van der Waals surface area contributed by atoms with E-state index in [4.69, 9.17) is 13.6 Å². The van der Waals surface area contributed by atoms with Gasteiger partial charge in [0.05, 0.1) is 23.9 Å². The third-order valence-corrected chi connectivity index (χ3v) is 7.68. The van der Waals surface area contributed by atoms with Crippen molar-refractivity contribution in [2.75, 3.05) is 25.5 Å². The van der Waals surface area contributed by atoms with E-state index in [1.165, 1.54) is 63.7 Å². The van der Waals surface area contributed by atoms with Crippen LogP contribution in [0.25, 0.3) is 56.0 Å². The summed E-state index contributed by atoms with van der Waals surface area (Å²) in [6.45, 7) is 0. The molecule has 1 amide bonds. The number of rotatable bonds is 7. The lowest BCUT2D eigenvalue weighted by Crippen LogP contribution is -2.20. The van der Waals surface area contributed by atoms with Gasteiger partial charge in [0.2, 0.25) is 5.89 Å². The molecule has 0 spiro atoms. The van der Waals surface area contributed by atoms with Crippen molar-refractivity contribution in [3.05, 3.63) is 90.0 Å². The molecule has 1 unspecified atom stereocenters. The number of amides is 1. The number of nitrogens with one attached hydrogen (secondary N) is 1. The van der Waals surface area contributed by atoms with Crippen molar-refractivity contribution in [3.8, 4) is 39.7 Å². The number of fused-ring (bicyclic) bond motifs is 2. The Kier molecular flexibility index (Phi) is 7.16. The molecule has 0 bridgehead atoms. The molecule has 6 aromatic rings. The Balaban J connectivity index is 1.62. The number of benzene rings is 4. The number of hydrogen-bond donors (Lipinski definition) is 1. The number of ether oxygens (including phenoxy) is 1. The molecule has 0 radical (unpaired) electrons. The highest BCUT2D eigenvalue weighted by Gasteiger charge is 2.25. The highest BCUT2D eigenvalue weighted by Crippen LogP contribution is 2.43. The monoisotopic (exact) mass is 602 g/mol. The number of para-hydroxylation sites is 1. The Morgan fingerprint density at radius 1 is 0.977 bits per heavy atom. The van der Waals surface area contributed by atoms with E-state index in [1.54, 1.807) is 30.3 Å². The maximum absolute atomic E-state index is 14.4. The highest BCUT2D eigenvalue weighted by atomic mass is 32.2. The van der Waals surface area contributed by atoms with E-state index < -0.39 is 28.8 Å². The van der Waals surface area contributed by atoms with Crippen molar-refractivity contribution < 1.29 is 35.9 Å². The Bertz CT molecular complexity index is 2060. The van der Waals surface area contributed by atoms with Gasteiger partial charge in [0, 0.05) is 47.9 Å². The quantitative estimate of drug-likeness (QED) is 0.209. The number of halogens is 2. The summed E-state index contributed by atoms with van der Waals surface area (Å²) >= 11 is -2.67. The van der Waals surface area contributed by atoms with Crippen LogP contribution in [0.2, 0.25) is 0 Å². The molecule has 0 saturated heterocycles. The van der Waals surface area contributed by atoms with Crippen LogP contribution in [0.15, 0.2) is 81.6 Å². The molecular formula is C31H22F2N3O6S-. The van der Waals surface area contributed by atoms with Gasteiger partial charge in [-0.1, -0.05) is 12.1 Å². The fourth-order valence-corrected chi connectivity index (χ4v) is 5.24.